The molecule has 1 saturated heterocycles. The molecular formula is C12H24N2O. The van der Waals surface area contributed by atoms with Crippen molar-refractivity contribution < 1.29 is 4.79 Å². The molecule has 1 rings (SSSR count). The molecule has 1 N–H and O–H groups in total. The molecular weight excluding hydrogens is 188 g/mol. The minimum absolute atomic E-state index is 0.0931. The van der Waals surface area contributed by atoms with Crippen molar-refractivity contribution in [3.63, 3.8) is 0 Å². The van der Waals surface area contributed by atoms with E-state index in [1.54, 1.807) is 0 Å². The van der Waals surface area contributed by atoms with Crippen molar-refractivity contribution >= 4 is 5.91 Å². The quantitative estimate of drug-likeness (QED) is 0.753. The van der Waals surface area contributed by atoms with Gasteiger partial charge in [0.2, 0.25) is 5.91 Å². The van der Waals surface area contributed by atoms with Gasteiger partial charge in [-0.15, -0.1) is 0 Å². The van der Waals surface area contributed by atoms with E-state index in [1.807, 2.05) is 4.90 Å². The number of piperidine rings is 1. The summed E-state index contributed by atoms with van der Waals surface area (Å²) in [5.41, 5.74) is 0. The molecule has 1 heterocycles. The van der Waals surface area contributed by atoms with E-state index in [0.29, 0.717) is 5.91 Å². The summed E-state index contributed by atoms with van der Waals surface area (Å²) in [6.45, 7) is 7.00. The van der Waals surface area contributed by atoms with Crippen molar-refractivity contribution in [1.82, 2.24) is 10.2 Å². The van der Waals surface area contributed by atoms with Crippen LogP contribution in [0, 0.1) is 0 Å². The molecule has 1 aliphatic heterocycles. The number of nitrogens with one attached hydrogen (secondary N) is 1. The Morgan fingerprint density at radius 1 is 1.40 bits per heavy atom. The van der Waals surface area contributed by atoms with E-state index in [0.717, 1.165) is 38.9 Å². The maximum Gasteiger partial charge on any atom is 0.239 e. The minimum atomic E-state index is 0.0931. The van der Waals surface area contributed by atoms with Crippen LogP contribution >= 0.6 is 0 Å². The number of hydrogen-bond donors (Lipinski definition) is 1. The highest BCUT2D eigenvalue weighted by Crippen LogP contribution is 2.10. The molecule has 0 bridgehead atoms. The summed E-state index contributed by atoms with van der Waals surface area (Å²) in [6.07, 6.45) is 5.69. The lowest BCUT2D eigenvalue weighted by molar-refractivity contribution is -0.133. The number of carbonyl (C=O) groups excluding carboxylic acids is 1. The van der Waals surface area contributed by atoms with E-state index < -0.39 is 0 Å². The predicted octanol–water partition coefficient (Wildman–Crippen LogP) is 1.78. The van der Waals surface area contributed by atoms with Crippen molar-refractivity contribution in [2.45, 2.75) is 52.0 Å². The fourth-order valence-corrected chi connectivity index (χ4v) is 2.06. The van der Waals surface area contributed by atoms with Gasteiger partial charge in [0.25, 0.3) is 0 Å². The average Bonchev–Trinajstić information content (AvgIpc) is 2.31. The van der Waals surface area contributed by atoms with Crippen LogP contribution < -0.4 is 5.32 Å². The molecule has 3 heteroatoms. The van der Waals surface area contributed by atoms with Gasteiger partial charge in [-0.05, 0) is 32.7 Å². The first-order chi connectivity index (χ1) is 7.29. The van der Waals surface area contributed by atoms with Crippen LogP contribution in [0.4, 0.5) is 0 Å². The van der Waals surface area contributed by atoms with Crippen LogP contribution in [0.5, 0.6) is 0 Å². The maximum absolute atomic E-state index is 12.1. The lowest BCUT2D eigenvalue weighted by Gasteiger charge is -2.29. The number of hydrogen-bond acceptors (Lipinski definition) is 2. The van der Waals surface area contributed by atoms with Crippen LogP contribution in [-0.2, 0) is 4.79 Å². The minimum Gasteiger partial charge on any atom is -0.342 e. The lowest BCUT2D eigenvalue weighted by atomic mass is 10.0. The van der Waals surface area contributed by atoms with Crippen molar-refractivity contribution in [2.75, 3.05) is 19.6 Å². The fourth-order valence-electron chi connectivity index (χ4n) is 2.06. The predicted molar refractivity (Wildman–Crippen MR) is 62.8 cm³/mol. The standard InChI is InChI=1S/C12H24N2O/c1-3-5-10-14(4-2)12(15)11-8-6-7-9-13-11/h11,13H,3-10H2,1-2H3/t11-/m0/s1. The van der Waals surface area contributed by atoms with Crippen LogP contribution in [0.25, 0.3) is 0 Å². The van der Waals surface area contributed by atoms with Crippen LogP contribution in [0.2, 0.25) is 0 Å². The van der Waals surface area contributed by atoms with Gasteiger partial charge in [-0.3, -0.25) is 4.79 Å². The zero-order valence-electron chi connectivity index (χ0n) is 10.1. The highest BCUT2D eigenvalue weighted by Gasteiger charge is 2.24. The van der Waals surface area contributed by atoms with Crippen LogP contribution in [0.15, 0.2) is 0 Å². The van der Waals surface area contributed by atoms with Gasteiger partial charge in [0, 0.05) is 13.1 Å². The second kappa shape index (κ2) is 6.83. The van der Waals surface area contributed by atoms with E-state index in [4.69, 9.17) is 0 Å². The van der Waals surface area contributed by atoms with Gasteiger partial charge in [-0.25, -0.2) is 0 Å². The van der Waals surface area contributed by atoms with Crippen LogP contribution in [-0.4, -0.2) is 36.5 Å². The van der Waals surface area contributed by atoms with Crippen molar-refractivity contribution in [2.24, 2.45) is 0 Å². The Labute approximate surface area is 93.2 Å². The molecule has 88 valence electrons. The third-order valence-corrected chi connectivity index (χ3v) is 3.08. The molecule has 0 spiro atoms. The van der Waals surface area contributed by atoms with Crippen LogP contribution in [0.3, 0.4) is 0 Å². The Balaban J connectivity index is 2.40. The summed E-state index contributed by atoms with van der Waals surface area (Å²) in [7, 11) is 0. The highest BCUT2D eigenvalue weighted by molar-refractivity contribution is 5.81. The first kappa shape index (κ1) is 12.5. The molecule has 1 atom stereocenters. The van der Waals surface area contributed by atoms with E-state index >= 15 is 0 Å². The van der Waals surface area contributed by atoms with E-state index in [2.05, 4.69) is 19.2 Å². The molecule has 0 saturated carbocycles. The lowest BCUT2D eigenvalue weighted by Crippen LogP contribution is -2.48. The molecule has 0 aliphatic carbocycles. The maximum atomic E-state index is 12.1. The molecule has 1 aliphatic rings. The topological polar surface area (TPSA) is 32.3 Å². The molecule has 15 heavy (non-hydrogen) atoms. The third kappa shape index (κ3) is 3.82. The smallest absolute Gasteiger partial charge is 0.239 e. The second-order valence-electron chi connectivity index (χ2n) is 4.27. The molecule has 0 aromatic rings. The van der Waals surface area contributed by atoms with Gasteiger partial charge in [-0.1, -0.05) is 19.8 Å². The molecule has 1 fully saturated rings. The van der Waals surface area contributed by atoms with Gasteiger partial charge in [0.05, 0.1) is 6.04 Å². The number of unbranched alkanes of at least 4 members (excludes halogenated alkanes) is 1. The Morgan fingerprint density at radius 2 is 2.20 bits per heavy atom. The molecule has 3 nitrogen and oxygen atoms in total. The summed E-state index contributed by atoms with van der Waals surface area (Å²) < 4.78 is 0. The van der Waals surface area contributed by atoms with Gasteiger partial charge >= 0.3 is 0 Å². The first-order valence-corrected chi connectivity index (χ1v) is 6.31. The number of carbonyl (C=O) groups is 1. The summed E-state index contributed by atoms with van der Waals surface area (Å²) >= 11 is 0. The summed E-state index contributed by atoms with van der Waals surface area (Å²) in [5.74, 6) is 0.311. The molecule has 0 aromatic heterocycles. The van der Waals surface area contributed by atoms with E-state index in [9.17, 15) is 4.79 Å². The molecule has 1 amide bonds. The number of amides is 1. The Kier molecular flexibility index (Phi) is 5.69. The SMILES string of the molecule is CCCCN(CC)C(=O)[C@@H]1CCCCN1. The fraction of sp³-hybridized carbons (Fsp3) is 0.917. The largest absolute Gasteiger partial charge is 0.342 e. The second-order valence-corrected chi connectivity index (χ2v) is 4.27. The average molecular weight is 212 g/mol. The van der Waals surface area contributed by atoms with Gasteiger partial charge in [0.15, 0.2) is 0 Å². The normalized spacial score (nSPS) is 21.3. The molecule has 0 unspecified atom stereocenters. The zero-order valence-corrected chi connectivity index (χ0v) is 10.1. The number of nitrogens with zero attached hydrogens (tertiary/aromatic N) is 1. The van der Waals surface area contributed by atoms with Gasteiger partial charge in [-0.2, -0.15) is 0 Å². The Hall–Kier alpha value is -0.570. The summed E-state index contributed by atoms with van der Waals surface area (Å²) in [5, 5.41) is 3.32. The van der Waals surface area contributed by atoms with E-state index in [1.165, 1.54) is 12.8 Å². The number of likely N-dealkylation sites (N-methyl/N-ethyl adjacent to an activating group) is 1. The van der Waals surface area contributed by atoms with Crippen LogP contribution in [0.1, 0.15) is 46.0 Å². The van der Waals surface area contributed by atoms with Crippen molar-refractivity contribution in [3.05, 3.63) is 0 Å². The summed E-state index contributed by atoms with van der Waals surface area (Å²) in [4.78, 5) is 14.1. The third-order valence-electron chi connectivity index (χ3n) is 3.08. The summed E-state index contributed by atoms with van der Waals surface area (Å²) in [6, 6.07) is 0.0931. The van der Waals surface area contributed by atoms with Gasteiger partial charge in [0.1, 0.15) is 0 Å². The van der Waals surface area contributed by atoms with Crippen molar-refractivity contribution in [3.8, 4) is 0 Å². The van der Waals surface area contributed by atoms with Gasteiger partial charge < -0.3 is 10.2 Å². The van der Waals surface area contributed by atoms with E-state index in [-0.39, 0.29) is 6.04 Å². The highest BCUT2D eigenvalue weighted by atomic mass is 16.2. The Morgan fingerprint density at radius 3 is 2.73 bits per heavy atom. The number of rotatable bonds is 5. The molecule has 0 radical (unpaired) electrons. The Bertz CT molecular complexity index is 188. The zero-order chi connectivity index (χ0) is 11.1. The molecule has 0 aromatic carbocycles. The monoisotopic (exact) mass is 212 g/mol. The van der Waals surface area contributed by atoms with Crippen molar-refractivity contribution in [1.29, 1.82) is 0 Å². The first-order valence-electron chi connectivity index (χ1n) is 6.31.